The van der Waals surface area contributed by atoms with Crippen molar-refractivity contribution >= 4 is 17.0 Å². The van der Waals surface area contributed by atoms with Crippen molar-refractivity contribution < 1.29 is 0 Å². The molecule has 5 heteroatoms. The minimum atomic E-state index is 0.214. The molecule has 0 atom stereocenters. The second-order valence-corrected chi connectivity index (χ2v) is 6.73. The van der Waals surface area contributed by atoms with Gasteiger partial charge in [0.05, 0.1) is 11.9 Å². The molecule has 3 aromatic rings. The van der Waals surface area contributed by atoms with Crippen LogP contribution in [-0.4, -0.2) is 33.9 Å². The lowest BCUT2D eigenvalue weighted by Crippen LogP contribution is -2.41. The van der Waals surface area contributed by atoms with E-state index >= 15 is 0 Å². The molecule has 23 heavy (non-hydrogen) atoms. The van der Waals surface area contributed by atoms with E-state index in [1.54, 1.807) is 6.20 Å². The minimum Gasteiger partial charge on any atom is -0.369 e. The summed E-state index contributed by atoms with van der Waals surface area (Å²) >= 11 is 0. The summed E-state index contributed by atoms with van der Waals surface area (Å²) in [5, 5.41) is 3.44. The van der Waals surface area contributed by atoms with Crippen LogP contribution in [0, 0.1) is 5.41 Å². The maximum absolute atomic E-state index is 4.69. The van der Waals surface area contributed by atoms with Gasteiger partial charge in [0.2, 0.25) is 0 Å². The van der Waals surface area contributed by atoms with E-state index in [1.165, 1.54) is 0 Å². The van der Waals surface area contributed by atoms with Crippen molar-refractivity contribution in [1.29, 1.82) is 0 Å². The van der Waals surface area contributed by atoms with Crippen molar-refractivity contribution in [3.05, 3.63) is 48.3 Å². The molecule has 0 bridgehead atoms. The molecule has 1 aliphatic rings. The molecular weight excluding hydrogens is 286 g/mol. The summed E-state index contributed by atoms with van der Waals surface area (Å²) in [7, 11) is 0. The summed E-state index contributed by atoms with van der Waals surface area (Å²) in [5.41, 5.74) is 4.91. The molecule has 1 aliphatic heterocycles. The summed E-state index contributed by atoms with van der Waals surface area (Å²) in [6.07, 6.45) is 3.66. The Morgan fingerprint density at radius 3 is 2.83 bits per heavy atom. The fourth-order valence-electron chi connectivity index (χ4n) is 2.72. The van der Waals surface area contributed by atoms with Crippen LogP contribution in [0.3, 0.4) is 0 Å². The molecule has 116 valence electrons. The Labute approximate surface area is 134 Å². The third-order valence-corrected chi connectivity index (χ3v) is 4.09. The molecule has 3 heterocycles. The van der Waals surface area contributed by atoms with Crippen LogP contribution in [0.4, 0.5) is 0 Å². The van der Waals surface area contributed by atoms with Gasteiger partial charge in [-0.1, -0.05) is 32.0 Å². The lowest BCUT2D eigenvalue weighted by Gasteiger charge is -2.29. The number of benzene rings is 1. The van der Waals surface area contributed by atoms with Crippen molar-refractivity contribution in [1.82, 2.24) is 20.3 Å². The number of hydrogen-bond acceptors (Lipinski definition) is 4. The van der Waals surface area contributed by atoms with Gasteiger partial charge in [0.15, 0.2) is 5.65 Å². The van der Waals surface area contributed by atoms with Gasteiger partial charge in [0.25, 0.3) is 0 Å². The number of amidine groups is 1. The zero-order chi connectivity index (χ0) is 15.9. The summed E-state index contributed by atoms with van der Waals surface area (Å²) < 4.78 is 0. The molecule has 2 aromatic heterocycles. The van der Waals surface area contributed by atoms with E-state index in [-0.39, 0.29) is 5.41 Å². The maximum Gasteiger partial charge on any atom is 0.156 e. The van der Waals surface area contributed by atoms with E-state index in [0.717, 1.165) is 46.9 Å². The van der Waals surface area contributed by atoms with E-state index in [4.69, 9.17) is 4.99 Å². The zero-order valence-corrected chi connectivity index (χ0v) is 13.3. The molecule has 4 rings (SSSR count). The molecule has 0 radical (unpaired) electrons. The lowest BCUT2D eigenvalue weighted by molar-refractivity contribution is 0.362. The first-order chi connectivity index (χ1) is 11.1. The second kappa shape index (κ2) is 5.19. The fourth-order valence-corrected chi connectivity index (χ4v) is 2.72. The molecule has 0 spiro atoms. The Kier molecular flexibility index (Phi) is 3.15. The SMILES string of the molecule is CC1(C)CN=C(c2cccc(-c3cnc4[nH]ccc4n3)c2)NC1. The maximum atomic E-state index is 4.69. The van der Waals surface area contributed by atoms with Crippen LogP contribution in [0.2, 0.25) is 0 Å². The molecule has 0 fully saturated rings. The highest BCUT2D eigenvalue weighted by Gasteiger charge is 2.22. The van der Waals surface area contributed by atoms with Crippen LogP contribution in [0.15, 0.2) is 47.7 Å². The number of nitrogens with zero attached hydrogens (tertiary/aromatic N) is 3. The first-order valence-electron chi connectivity index (χ1n) is 7.80. The van der Waals surface area contributed by atoms with Crippen molar-refractivity contribution in [2.75, 3.05) is 13.1 Å². The van der Waals surface area contributed by atoms with Gasteiger partial charge in [-0.15, -0.1) is 0 Å². The summed E-state index contributed by atoms with van der Waals surface area (Å²) in [5.74, 6) is 0.960. The van der Waals surface area contributed by atoms with Crippen molar-refractivity contribution in [2.24, 2.45) is 10.4 Å². The molecule has 1 aromatic carbocycles. The normalized spacial score (nSPS) is 16.9. The Bertz CT molecular complexity index is 891. The number of fused-ring (bicyclic) bond motifs is 1. The molecular formula is C18H19N5. The number of nitrogens with one attached hydrogen (secondary N) is 2. The summed E-state index contributed by atoms with van der Waals surface area (Å²) in [4.78, 5) is 16.8. The van der Waals surface area contributed by atoms with Crippen molar-refractivity contribution in [2.45, 2.75) is 13.8 Å². The van der Waals surface area contributed by atoms with Gasteiger partial charge in [-0.3, -0.25) is 4.99 Å². The van der Waals surface area contributed by atoms with Crippen LogP contribution in [0.25, 0.3) is 22.4 Å². The van der Waals surface area contributed by atoms with Crippen LogP contribution >= 0.6 is 0 Å². The van der Waals surface area contributed by atoms with Crippen molar-refractivity contribution in [3.8, 4) is 11.3 Å². The number of aromatic amines is 1. The van der Waals surface area contributed by atoms with Gasteiger partial charge in [-0.25, -0.2) is 9.97 Å². The van der Waals surface area contributed by atoms with Crippen LogP contribution < -0.4 is 5.32 Å². The Balaban J connectivity index is 1.70. The third-order valence-electron chi connectivity index (χ3n) is 4.09. The highest BCUT2D eigenvalue weighted by atomic mass is 15.0. The molecule has 2 N–H and O–H groups in total. The molecule has 5 nitrogen and oxygen atoms in total. The molecule has 0 unspecified atom stereocenters. The molecule has 0 amide bonds. The predicted molar refractivity (Wildman–Crippen MR) is 92.5 cm³/mol. The highest BCUT2D eigenvalue weighted by Crippen LogP contribution is 2.22. The number of hydrogen-bond donors (Lipinski definition) is 2. The molecule has 0 aliphatic carbocycles. The van der Waals surface area contributed by atoms with Crippen LogP contribution in [-0.2, 0) is 0 Å². The number of aromatic nitrogens is 3. The van der Waals surface area contributed by atoms with E-state index in [0.29, 0.717) is 0 Å². The average molecular weight is 305 g/mol. The van der Waals surface area contributed by atoms with Crippen LogP contribution in [0.5, 0.6) is 0 Å². The fraction of sp³-hybridized carbons (Fsp3) is 0.278. The lowest BCUT2D eigenvalue weighted by atomic mass is 9.92. The van der Waals surface area contributed by atoms with Gasteiger partial charge >= 0.3 is 0 Å². The van der Waals surface area contributed by atoms with Gasteiger partial charge in [-0.2, -0.15) is 0 Å². The van der Waals surface area contributed by atoms with Crippen molar-refractivity contribution in [3.63, 3.8) is 0 Å². The minimum absolute atomic E-state index is 0.214. The highest BCUT2D eigenvalue weighted by molar-refractivity contribution is 6.00. The predicted octanol–water partition coefficient (Wildman–Crippen LogP) is 3.00. The van der Waals surface area contributed by atoms with Gasteiger partial charge in [0, 0.05) is 35.8 Å². The summed E-state index contributed by atoms with van der Waals surface area (Å²) in [6, 6.07) is 10.2. The first kappa shape index (κ1) is 13.9. The van der Waals surface area contributed by atoms with E-state index in [9.17, 15) is 0 Å². The number of rotatable bonds is 2. The topological polar surface area (TPSA) is 66.0 Å². The zero-order valence-electron chi connectivity index (χ0n) is 13.3. The molecule has 0 saturated carbocycles. The third kappa shape index (κ3) is 2.70. The Morgan fingerprint density at radius 2 is 2.00 bits per heavy atom. The van der Waals surface area contributed by atoms with Gasteiger partial charge in [0.1, 0.15) is 11.4 Å². The standard InChI is InChI=1S/C18H19N5/c1-18(2)10-21-16(22-11-18)13-5-3-4-12(8-13)15-9-20-17-14(23-15)6-7-19-17/h3-9H,10-11H2,1-2H3,(H,19,20)(H,21,22). The Morgan fingerprint density at radius 1 is 1.13 bits per heavy atom. The largest absolute Gasteiger partial charge is 0.369 e. The van der Waals surface area contributed by atoms with E-state index in [1.807, 2.05) is 18.3 Å². The number of H-pyrrole nitrogens is 1. The molecule has 0 saturated heterocycles. The van der Waals surface area contributed by atoms with Gasteiger partial charge in [-0.05, 0) is 12.1 Å². The first-order valence-corrected chi connectivity index (χ1v) is 7.80. The quantitative estimate of drug-likeness (QED) is 0.765. The Hall–Kier alpha value is -2.69. The summed E-state index contributed by atoms with van der Waals surface area (Å²) in [6.45, 7) is 6.22. The van der Waals surface area contributed by atoms with E-state index < -0.39 is 0 Å². The van der Waals surface area contributed by atoms with E-state index in [2.05, 4.69) is 52.3 Å². The van der Waals surface area contributed by atoms with Gasteiger partial charge < -0.3 is 10.3 Å². The average Bonchev–Trinajstić information content (AvgIpc) is 3.02. The number of aliphatic imine (C=N–C) groups is 1. The monoisotopic (exact) mass is 305 g/mol. The van der Waals surface area contributed by atoms with Crippen LogP contribution in [0.1, 0.15) is 19.4 Å². The smallest absolute Gasteiger partial charge is 0.156 e. The second-order valence-electron chi connectivity index (χ2n) is 6.73.